The monoisotopic (exact) mass is 341 g/mol. The van der Waals surface area contributed by atoms with Crippen molar-refractivity contribution in [2.75, 3.05) is 24.5 Å². The Hall–Kier alpha value is -2.09. The van der Waals surface area contributed by atoms with Crippen LogP contribution in [0.1, 0.15) is 25.3 Å². The van der Waals surface area contributed by atoms with Gasteiger partial charge in [-0.2, -0.15) is 13.2 Å². The molecule has 1 N–H and O–H groups in total. The molecule has 0 radical (unpaired) electrons. The molecule has 0 atom stereocenters. The molecule has 2 saturated heterocycles. The first-order chi connectivity index (χ1) is 11.3. The van der Waals surface area contributed by atoms with E-state index in [-0.39, 0.29) is 11.6 Å². The summed E-state index contributed by atoms with van der Waals surface area (Å²) in [5.74, 6) is -0.351. The third kappa shape index (κ3) is 2.45. The largest absolute Gasteiger partial charge is 0.416 e. The first-order valence-corrected chi connectivity index (χ1v) is 7.85. The van der Waals surface area contributed by atoms with Gasteiger partial charge in [0.05, 0.1) is 11.3 Å². The van der Waals surface area contributed by atoms with Crippen molar-refractivity contribution in [3.63, 3.8) is 0 Å². The zero-order valence-corrected chi connectivity index (χ0v) is 13.2. The highest BCUT2D eigenvalue weighted by Gasteiger charge is 2.57. The van der Waals surface area contributed by atoms with Crippen LogP contribution in [0, 0.1) is 0 Å². The van der Waals surface area contributed by atoms with Crippen molar-refractivity contribution in [1.82, 2.24) is 10.2 Å². The second-order valence-corrected chi connectivity index (χ2v) is 5.99. The first kappa shape index (κ1) is 16.8. The highest BCUT2D eigenvalue weighted by Crippen LogP contribution is 2.38. The van der Waals surface area contributed by atoms with E-state index in [1.54, 1.807) is 6.92 Å². The predicted molar refractivity (Wildman–Crippen MR) is 81.5 cm³/mol. The van der Waals surface area contributed by atoms with Gasteiger partial charge in [0, 0.05) is 6.54 Å². The van der Waals surface area contributed by atoms with Crippen LogP contribution in [0.2, 0.25) is 0 Å². The zero-order chi connectivity index (χ0) is 17.5. The molecule has 0 aromatic heterocycles. The van der Waals surface area contributed by atoms with Crippen LogP contribution in [-0.2, 0) is 11.0 Å². The summed E-state index contributed by atoms with van der Waals surface area (Å²) in [6, 6.07) is 3.65. The molecule has 8 heteroatoms. The summed E-state index contributed by atoms with van der Waals surface area (Å²) in [5.41, 5.74) is -1.53. The van der Waals surface area contributed by atoms with Crippen molar-refractivity contribution in [1.29, 1.82) is 0 Å². The Morgan fingerprint density at radius 1 is 1.12 bits per heavy atom. The Labute approximate surface area is 137 Å². The summed E-state index contributed by atoms with van der Waals surface area (Å²) in [4.78, 5) is 28.2. The van der Waals surface area contributed by atoms with Crippen LogP contribution >= 0.6 is 0 Å². The van der Waals surface area contributed by atoms with Gasteiger partial charge in [0.2, 0.25) is 0 Å². The number of benzene rings is 1. The molecule has 3 rings (SSSR count). The zero-order valence-electron chi connectivity index (χ0n) is 13.2. The van der Waals surface area contributed by atoms with Gasteiger partial charge in [-0.1, -0.05) is 0 Å². The normalized spacial score (nSPS) is 21.0. The Morgan fingerprint density at radius 3 is 2.21 bits per heavy atom. The molecule has 1 spiro atoms. The number of imide groups is 1. The number of alkyl halides is 3. The van der Waals surface area contributed by atoms with E-state index in [4.69, 9.17) is 0 Å². The second kappa shape index (κ2) is 5.77. The minimum Gasteiger partial charge on any atom is -0.317 e. The van der Waals surface area contributed by atoms with Crippen molar-refractivity contribution in [3.05, 3.63) is 29.8 Å². The van der Waals surface area contributed by atoms with Gasteiger partial charge in [-0.25, -0.2) is 9.69 Å². The van der Waals surface area contributed by atoms with Crippen molar-refractivity contribution in [2.45, 2.75) is 31.5 Å². The average Bonchev–Trinajstić information content (AvgIpc) is 2.74. The van der Waals surface area contributed by atoms with Gasteiger partial charge >= 0.3 is 12.2 Å². The summed E-state index contributed by atoms with van der Waals surface area (Å²) in [6.07, 6.45) is -3.45. The van der Waals surface area contributed by atoms with Crippen LogP contribution in [0.3, 0.4) is 0 Å². The lowest BCUT2D eigenvalue weighted by Gasteiger charge is -2.37. The topological polar surface area (TPSA) is 52.7 Å². The van der Waals surface area contributed by atoms with Crippen LogP contribution < -0.4 is 10.2 Å². The van der Waals surface area contributed by atoms with Crippen molar-refractivity contribution in [2.24, 2.45) is 0 Å². The van der Waals surface area contributed by atoms with E-state index < -0.39 is 23.3 Å². The maximum Gasteiger partial charge on any atom is 0.416 e. The fourth-order valence-corrected chi connectivity index (χ4v) is 3.50. The molecule has 2 heterocycles. The molecule has 24 heavy (non-hydrogen) atoms. The van der Waals surface area contributed by atoms with Gasteiger partial charge in [-0.3, -0.25) is 4.79 Å². The fraction of sp³-hybridized carbons (Fsp3) is 0.500. The molecular formula is C16H18F3N3O2. The van der Waals surface area contributed by atoms with Crippen molar-refractivity contribution < 1.29 is 22.8 Å². The van der Waals surface area contributed by atoms with E-state index in [9.17, 15) is 22.8 Å². The smallest absolute Gasteiger partial charge is 0.317 e. The first-order valence-electron chi connectivity index (χ1n) is 7.85. The van der Waals surface area contributed by atoms with Gasteiger partial charge in [0.25, 0.3) is 5.91 Å². The lowest BCUT2D eigenvalue weighted by molar-refractivity contribution is -0.137. The third-order valence-corrected chi connectivity index (χ3v) is 4.74. The maximum absolute atomic E-state index is 13.0. The van der Waals surface area contributed by atoms with Gasteiger partial charge in [0.15, 0.2) is 0 Å². The Balaban J connectivity index is 1.96. The lowest BCUT2D eigenvalue weighted by Crippen LogP contribution is -2.55. The van der Waals surface area contributed by atoms with E-state index in [1.165, 1.54) is 17.0 Å². The minimum atomic E-state index is -4.46. The van der Waals surface area contributed by atoms with Crippen LogP contribution in [0.15, 0.2) is 24.3 Å². The molecule has 0 bridgehead atoms. The molecule has 0 unspecified atom stereocenters. The van der Waals surface area contributed by atoms with Gasteiger partial charge in [0.1, 0.15) is 5.54 Å². The highest BCUT2D eigenvalue weighted by atomic mass is 19.4. The van der Waals surface area contributed by atoms with Crippen LogP contribution in [0.5, 0.6) is 0 Å². The second-order valence-electron chi connectivity index (χ2n) is 5.99. The molecular weight excluding hydrogens is 323 g/mol. The molecule has 0 saturated carbocycles. The summed E-state index contributed by atoms with van der Waals surface area (Å²) >= 11 is 0. The van der Waals surface area contributed by atoms with Crippen LogP contribution in [-0.4, -0.2) is 42.0 Å². The summed E-state index contributed by atoms with van der Waals surface area (Å²) in [7, 11) is 0. The molecule has 3 amide bonds. The molecule has 2 aliphatic rings. The molecule has 130 valence electrons. The number of hydrogen-bond acceptors (Lipinski definition) is 3. The van der Waals surface area contributed by atoms with E-state index in [2.05, 4.69) is 5.32 Å². The maximum atomic E-state index is 13.0. The van der Waals surface area contributed by atoms with Crippen LogP contribution in [0.4, 0.5) is 23.7 Å². The number of nitrogens with one attached hydrogen (secondary N) is 1. The van der Waals surface area contributed by atoms with E-state index in [1.807, 2.05) is 0 Å². The van der Waals surface area contributed by atoms with E-state index in [0.29, 0.717) is 32.5 Å². The molecule has 5 nitrogen and oxygen atoms in total. The van der Waals surface area contributed by atoms with Crippen LogP contribution in [0.25, 0.3) is 0 Å². The number of hydrogen-bond donors (Lipinski definition) is 1. The Morgan fingerprint density at radius 2 is 1.71 bits per heavy atom. The van der Waals surface area contributed by atoms with Crippen molar-refractivity contribution >= 4 is 17.6 Å². The summed E-state index contributed by atoms with van der Waals surface area (Å²) < 4.78 is 38.1. The molecule has 1 aromatic carbocycles. The number of rotatable bonds is 2. The number of carbonyl (C=O) groups excluding carboxylic acids is 2. The number of halogens is 3. The van der Waals surface area contributed by atoms with Gasteiger partial charge in [-0.15, -0.1) is 0 Å². The molecule has 1 aromatic rings. The summed E-state index contributed by atoms with van der Waals surface area (Å²) in [6.45, 7) is 3.42. The Kier molecular flexibility index (Phi) is 4.03. The number of nitrogens with zero attached hydrogens (tertiary/aromatic N) is 2. The number of amides is 3. The molecule has 0 aliphatic carbocycles. The molecule has 2 aliphatic heterocycles. The fourth-order valence-electron chi connectivity index (χ4n) is 3.50. The SMILES string of the molecule is CCN1C(=O)N(c2ccc(C(F)(F)F)cc2)C(=O)C12CCNCC2. The Bertz CT molecular complexity index is 652. The van der Waals surface area contributed by atoms with Gasteiger partial charge in [-0.05, 0) is 57.1 Å². The summed E-state index contributed by atoms with van der Waals surface area (Å²) in [5, 5.41) is 3.16. The lowest BCUT2D eigenvalue weighted by atomic mass is 9.86. The standard InChI is InChI=1S/C16H18F3N3O2/c1-2-21-14(24)22(13(23)15(21)7-9-20-10-8-15)12-5-3-11(4-6-12)16(17,18)19/h3-6,20H,2,7-10H2,1H3. The molecule has 2 fully saturated rings. The van der Waals surface area contributed by atoms with Gasteiger partial charge < -0.3 is 10.2 Å². The third-order valence-electron chi connectivity index (χ3n) is 4.74. The number of piperidine rings is 1. The van der Waals surface area contributed by atoms with Crippen molar-refractivity contribution in [3.8, 4) is 0 Å². The number of likely N-dealkylation sites (N-methyl/N-ethyl adjacent to an activating group) is 1. The van der Waals surface area contributed by atoms with E-state index >= 15 is 0 Å². The van der Waals surface area contributed by atoms with E-state index in [0.717, 1.165) is 17.0 Å². The highest BCUT2D eigenvalue weighted by molar-refractivity contribution is 6.23. The predicted octanol–water partition coefficient (Wildman–Crippen LogP) is 2.62. The average molecular weight is 341 g/mol. The minimum absolute atomic E-state index is 0.173. The number of anilines is 1. The number of urea groups is 1. The quantitative estimate of drug-likeness (QED) is 0.842. The number of carbonyl (C=O) groups is 2.